The standard InChI is InChI=1S/C33H39N7O4/c1-33(2,34-17-19-41)21-30(43)35-28-16-15-25-7-3-6-10-29(25)39(32(28)44)22-23-11-13-24(14-12-23)26-8-4-5-9-27(26)31-36-38-40(37-31)18-20-42/h3-14,28,34,41-42H,15-22H2,1-2H3,(H,35,43)/t28-/m1/s1. The third-order valence-electron chi connectivity index (χ3n) is 7.73. The Balaban J connectivity index is 1.35. The quantitative estimate of drug-likeness (QED) is 0.195. The zero-order valence-corrected chi connectivity index (χ0v) is 25.1. The molecule has 1 aromatic heterocycles. The highest BCUT2D eigenvalue weighted by Gasteiger charge is 2.32. The van der Waals surface area contributed by atoms with Gasteiger partial charge in [0.2, 0.25) is 17.6 Å². The Bertz CT molecular complexity index is 1590. The number of aromatic nitrogens is 4. The van der Waals surface area contributed by atoms with Crippen molar-refractivity contribution >= 4 is 17.5 Å². The molecule has 0 saturated carbocycles. The van der Waals surface area contributed by atoms with Crippen LogP contribution >= 0.6 is 0 Å². The maximum Gasteiger partial charge on any atom is 0.249 e. The summed E-state index contributed by atoms with van der Waals surface area (Å²) in [6.07, 6.45) is 1.36. The number of rotatable bonds is 12. The van der Waals surface area contributed by atoms with Crippen molar-refractivity contribution in [3.8, 4) is 22.5 Å². The summed E-state index contributed by atoms with van der Waals surface area (Å²) in [5.41, 5.74) is 5.08. The van der Waals surface area contributed by atoms with Crippen molar-refractivity contribution in [2.75, 3.05) is 24.7 Å². The minimum atomic E-state index is -0.651. The van der Waals surface area contributed by atoms with Gasteiger partial charge < -0.3 is 25.7 Å². The Morgan fingerprint density at radius 1 is 0.977 bits per heavy atom. The van der Waals surface area contributed by atoms with Crippen LogP contribution in [0.15, 0.2) is 72.8 Å². The molecule has 0 fully saturated rings. The van der Waals surface area contributed by atoms with Crippen molar-refractivity contribution in [2.45, 2.75) is 57.8 Å². The minimum Gasteiger partial charge on any atom is -0.395 e. The molecule has 0 unspecified atom stereocenters. The Labute approximate surface area is 256 Å². The van der Waals surface area contributed by atoms with Crippen LogP contribution in [0.25, 0.3) is 22.5 Å². The first kappa shape index (κ1) is 31.0. The van der Waals surface area contributed by atoms with Crippen LogP contribution in [0.3, 0.4) is 0 Å². The Morgan fingerprint density at radius 3 is 2.45 bits per heavy atom. The third-order valence-corrected chi connectivity index (χ3v) is 7.73. The monoisotopic (exact) mass is 597 g/mol. The molecular weight excluding hydrogens is 558 g/mol. The van der Waals surface area contributed by atoms with Crippen molar-refractivity contribution in [1.29, 1.82) is 0 Å². The highest BCUT2D eigenvalue weighted by Crippen LogP contribution is 2.32. The van der Waals surface area contributed by atoms with E-state index in [1.54, 1.807) is 4.90 Å². The fourth-order valence-electron chi connectivity index (χ4n) is 5.55. The number of aliphatic hydroxyl groups excluding tert-OH is 2. The molecule has 44 heavy (non-hydrogen) atoms. The molecule has 5 rings (SSSR count). The van der Waals surface area contributed by atoms with E-state index < -0.39 is 11.6 Å². The second-order valence-electron chi connectivity index (χ2n) is 11.6. The Kier molecular flexibility index (Phi) is 9.78. The van der Waals surface area contributed by atoms with Crippen LogP contribution in [-0.2, 0) is 29.1 Å². The molecule has 1 aliphatic heterocycles. The first-order valence-corrected chi connectivity index (χ1v) is 14.9. The van der Waals surface area contributed by atoms with E-state index in [1.807, 2.05) is 86.6 Å². The summed E-state index contributed by atoms with van der Waals surface area (Å²) in [5.74, 6) is 0.125. The molecule has 1 atom stereocenters. The maximum absolute atomic E-state index is 13.9. The fraction of sp³-hybridized carbons (Fsp3) is 0.364. The lowest BCUT2D eigenvalue weighted by molar-refractivity contribution is -0.128. The van der Waals surface area contributed by atoms with Crippen LogP contribution < -0.4 is 15.5 Å². The summed E-state index contributed by atoms with van der Waals surface area (Å²) < 4.78 is 0. The number of fused-ring (bicyclic) bond motifs is 1. The molecule has 2 heterocycles. The normalized spacial score (nSPS) is 15.1. The molecule has 0 aliphatic carbocycles. The number of anilines is 1. The second kappa shape index (κ2) is 13.9. The van der Waals surface area contributed by atoms with Gasteiger partial charge in [0.1, 0.15) is 6.04 Å². The number of β-amino-alcohol motifs (C(OH)–C–C–N with tert-alkyl or cyclic N) is 1. The predicted octanol–water partition coefficient (Wildman–Crippen LogP) is 2.71. The number of amides is 2. The third kappa shape index (κ3) is 7.36. The molecule has 0 spiro atoms. The molecule has 2 amide bonds. The topological polar surface area (TPSA) is 146 Å². The summed E-state index contributed by atoms with van der Waals surface area (Å²) in [5, 5.41) is 37.1. The average Bonchev–Trinajstić information content (AvgIpc) is 3.45. The number of para-hydroxylation sites is 1. The van der Waals surface area contributed by atoms with E-state index in [0.29, 0.717) is 31.8 Å². The first-order valence-electron chi connectivity index (χ1n) is 14.9. The van der Waals surface area contributed by atoms with Crippen LogP contribution in [0.1, 0.15) is 37.8 Å². The van der Waals surface area contributed by atoms with Gasteiger partial charge in [-0.05, 0) is 60.2 Å². The van der Waals surface area contributed by atoms with Gasteiger partial charge in [0.25, 0.3) is 0 Å². The number of nitrogens with one attached hydrogen (secondary N) is 2. The highest BCUT2D eigenvalue weighted by atomic mass is 16.3. The number of carbonyl (C=O) groups excluding carboxylic acids is 2. The van der Waals surface area contributed by atoms with Crippen molar-refractivity contribution in [3.05, 3.63) is 83.9 Å². The van der Waals surface area contributed by atoms with Gasteiger partial charge in [-0.1, -0.05) is 66.7 Å². The van der Waals surface area contributed by atoms with E-state index in [2.05, 4.69) is 26.0 Å². The second-order valence-corrected chi connectivity index (χ2v) is 11.6. The lowest BCUT2D eigenvalue weighted by Crippen LogP contribution is -2.51. The number of hydrogen-bond donors (Lipinski definition) is 4. The molecule has 230 valence electrons. The van der Waals surface area contributed by atoms with Crippen molar-refractivity contribution in [3.63, 3.8) is 0 Å². The molecule has 11 nitrogen and oxygen atoms in total. The number of nitrogens with zero attached hydrogens (tertiary/aromatic N) is 5. The van der Waals surface area contributed by atoms with Crippen molar-refractivity contribution in [1.82, 2.24) is 30.8 Å². The number of aryl methyl sites for hydroxylation is 1. The zero-order valence-electron chi connectivity index (χ0n) is 25.1. The highest BCUT2D eigenvalue weighted by molar-refractivity contribution is 6.00. The van der Waals surface area contributed by atoms with E-state index in [4.69, 9.17) is 5.11 Å². The molecule has 4 N–H and O–H groups in total. The number of tetrazole rings is 1. The Hall–Kier alpha value is -4.45. The number of benzene rings is 3. The minimum absolute atomic E-state index is 0.0155. The maximum atomic E-state index is 13.9. The van der Waals surface area contributed by atoms with Gasteiger partial charge in [0.05, 0.1) is 26.3 Å². The molecule has 0 bridgehead atoms. The molecule has 0 radical (unpaired) electrons. The van der Waals surface area contributed by atoms with E-state index in [0.717, 1.165) is 33.5 Å². The van der Waals surface area contributed by atoms with Crippen molar-refractivity contribution < 1.29 is 19.8 Å². The van der Waals surface area contributed by atoms with Crippen molar-refractivity contribution in [2.24, 2.45) is 0 Å². The summed E-state index contributed by atoms with van der Waals surface area (Å²) in [7, 11) is 0. The van der Waals surface area contributed by atoms with Crippen LogP contribution in [0.2, 0.25) is 0 Å². The fourth-order valence-corrected chi connectivity index (χ4v) is 5.55. The van der Waals surface area contributed by atoms with Crippen LogP contribution in [0, 0.1) is 0 Å². The number of carbonyl (C=O) groups is 2. The first-order chi connectivity index (χ1) is 21.3. The van der Waals surface area contributed by atoms with Gasteiger partial charge in [-0.2, -0.15) is 4.80 Å². The van der Waals surface area contributed by atoms with Gasteiger partial charge >= 0.3 is 0 Å². The van der Waals surface area contributed by atoms with Gasteiger partial charge in [-0.3, -0.25) is 9.59 Å². The molecule has 0 saturated heterocycles. The van der Waals surface area contributed by atoms with E-state index in [1.165, 1.54) is 4.80 Å². The van der Waals surface area contributed by atoms with E-state index >= 15 is 0 Å². The van der Waals surface area contributed by atoms with Gasteiger partial charge in [0, 0.05) is 29.8 Å². The molecule has 4 aromatic rings. The number of aliphatic hydroxyl groups is 2. The Morgan fingerprint density at radius 2 is 1.70 bits per heavy atom. The number of hydrogen-bond acceptors (Lipinski definition) is 8. The predicted molar refractivity (Wildman–Crippen MR) is 167 cm³/mol. The van der Waals surface area contributed by atoms with Gasteiger partial charge in [0.15, 0.2) is 0 Å². The van der Waals surface area contributed by atoms with Crippen LogP contribution in [0.4, 0.5) is 5.69 Å². The van der Waals surface area contributed by atoms with Crippen LogP contribution in [0.5, 0.6) is 0 Å². The molecule has 3 aromatic carbocycles. The molecule has 11 heteroatoms. The lowest BCUT2D eigenvalue weighted by Gasteiger charge is -2.29. The summed E-state index contributed by atoms with van der Waals surface area (Å²) in [4.78, 5) is 30.1. The largest absolute Gasteiger partial charge is 0.395 e. The SMILES string of the molecule is CC(C)(CC(=O)N[C@@H]1CCc2ccccc2N(Cc2ccc(-c3ccccc3-c3nnn(CCO)n3)cc2)C1=O)NCCO. The van der Waals surface area contributed by atoms with Gasteiger partial charge in [-0.25, -0.2) is 0 Å². The molecular formula is C33H39N7O4. The smallest absolute Gasteiger partial charge is 0.249 e. The molecule has 1 aliphatic rings. The summed E-state index contributed by atoms with van der Waals surface area (Å²) >= 11 is 0. The summed E-state index contributed by atoms with van der Waals surface area (Å²) in [6, 6.07) is 23.1. The average molecular weight is 598 g/mol. The zero-order chi connectivity index (χ0) is 31.1. The summed E-state index contributed by atoms with van der Waals surface area (Å²) in [6.45, 7) is 4.73. The van der Waals surface area contributed by atoms with E-state index in [-0.39, 0.29) is 38.0 Å². The lowest BCUT2D eigenvalue weighted by atomic mass is 9.98. The van der Waals surface area contributed by atoms with Crippen LogP contribution in [-0.4, -0.2) is 73.6 Å². The van der Waals surface area contributed by atoms with E-state index in [9.17, 15) is 14.7 Å². The van der Waals surface area contributed by atoms with Gasteiger partial charge in [-0.15, -0.1) is 10.2 Å².